The second-order valence-electron chi connectivity index (χ2n) is 5.17. The van der Waals surface area contributed by atoms with Crippen LogP contribution in [-0.2, 0) is 10.3 Å². The average Bonchev–Trinajstić information content (AvgIpc) is 2.29. The maximum absolute atomic E-state index is 14.7. The molecule has 4 nitrogen and oxygen atoms in total. The number of aromatic nitrogens is 1. The largest absolute Gasteiger partial charge is 0.453 e. The number of nitrogens with zero attached hydrogens (tertiary/aromatic N) is 2. The third-order valence-electron chi connectivity index (χ3n) is 3.33. The zero-order chi connectivity index (χ0) is 15.3. The van der Waals surface area contributed by atoms with E-state index in [0.717, 1.165) is 13.0 Å². The lowest BCUT2D eigenvalue weighted by Crippen LogP contribution is -2.62. The van der Waals surface area contributed by atoms with Gasteiger partial charge in [-0.3, -0.25) is 0 Å². The molecule has 0 radical (unpaired) electrons. The van der Waals surface area contributed by atoms with E-state index in [1.807, 2.05) is 0 Å². The van der Waals surface area contributed by atoms with E-state index in [4.69, 9.17) is 10.5 Å². The van der Waals surface area contributed by atoms with Crippen LogP contribution in [0.15, 0.2) is 21.7 Å². The van der Waals surface area contributed by atoms with Crippen LogP contribution in [0.3, 0.4) is 0 Å². The van der Waals surface area contributed by atoms with E-state index in [1.165, 1.54) is 19.9 Å². The molecular formula is C12H13BrF3N3O. The maximum Gasteiger partial charge on any atom is 0.316 e. The Hall–Kier alpha value is -1.31. The minimum Gasteiger partial charge on any atom is -0.453 e. The van der Waals surface area contributed by atoms with Gasteiger partial charge in [0.05, 0.1) is 0 Å². The van der Waals surface area contributed by atoms with E-state index in [-0.39, 0.29) is 4.60 Å². The normalized spacial score (nSPS) is 27.6. The molecule has 1 aliphatic heterocycles. The summed E-state index contributed by atoms with van der Waals surface area (Å²) < 4.78 is 48.5. The van der Waals surface area contributed by atoms with Gasteiger partial charge in [-0.2, -0.15) is 8.78 Å². The lowest BCUT2D eigenvalue weighted by Gasteiger charge is -2.46. The van der Waals surface area contributed by atoms with Crippen molar-refractivity contribution < 1.29 is 17.9 Å². The van der Waals surface area contributed by atoms with Gasteiger partial charge in [0, 0.05) is 0 Å². The van der Waals surface area contributed by atoms with Crippen LogP contribution >= 0.6 is 15.9 Å². The van der Waals surface area contributed by atoms with Crippen LogP contribution in [0.4, 0.5) is 13.2 Å². The predicted octanol–water partition coefficient (Wildman–Crippen LogP) is 2.96. The second kappa shape index (κ2) is 4.34. The van der Waals surface area contributed by atoms with Crippen LogP contribution in [0.25, 0.3) is 0 Å². The molecule has 0 saturated heterocycles. The summed E-state index contributed by atoms with van der Waals surface area (Å²) in [6.45, 7) is 3.42. The lowest BCUT2D eigenvalue weighted by atomic mass is 9.79. The first-order chi connectivity index (χ1) is 9.01. The fourth-order valence-corrected chi connectivity index (χ4v) is 2.50. The summed E-state index contributed by atoms with van der Waals surface area (Å²) in [5.74, 6) is -4.40. The van der Waals surface area contributed by atoms with Gasteiger partial charge in [0.1, 0.15) is 16.1 Å². The fraction of sp³-hybridized carbons (Fsp3) is 0.500. The Kier molecular flexibility index (Phi) is 3.27. The number of ether oxygens (including phenoxy) is 1. The first-order valence-electron chi connectivity index (χ1n) is 5.76. The van der Waals surface area contributed by atoms with E-state index in [9.17, 15) is 13.2 Å². The molecule has 2 heterocycles. The standard InChI is InChI=1S/C12H13BrF3N3O/c1-10(2)12(15,16)11(3,19-9(17)20-10)8-6(14)4-5-7(13)18-8/h4-5H,1-3H3,(H2,17,19). The van der Waals surface area contributed by atoms with Crippen LogP contribution in [-0.4, -0.2) is 22.5 Å². The highest BCUT2D eigenvalue weighted by Crippen LogP contribution is 2.51. The predicted molar refractivity (Wildman–Crippen MR) is 71.0 cm³/mol. The van der Waals surface area contributed by atoms with Crippen LogP contribution < -0.4 is 5.73 Å². The van der Waals surface area contributed by atoms with E-state index >= 15 is 0 Å². The van der Waals surface area contributed by atoms with Crippen molar-refractivity contribution in [1.29, 1.82) is 0 Å². The first kappa shape index (κ1) is 15.1. The monoisotopic (exact) mass is 351 g/mol. The molecule has 1 aromatic heterocycles. The van der Waals surface area contributed by atoms with Gasteiger partial charge >= 0.3 is 5.92 Å². The smallest absolute Gasteiger partial charge is 0.316 e. The lowest BCUT2D eigenvalue weighted by molar-refractivity contribution is -0.208. The van der Waals surface area contributed by atoms with Gasteiger partial charge in [0.25, 0.3) is 6.02 Å². The van der Waals surface area contributed by atoms with E-state index in [2.05, 4.69) is 25.9 Å². The zero-order valence-electron chi connectivity index (χ0n) is 11.0. The molecule has 20 heavy (non-hydrogen) atoms. The topological polar surface area (TPSA) is 60.5 Å². The number of alkyl halides is 2. The molecule has 0 saturated carbocycles. The van der Waals surface area contributed by atoms with Gasteiger partial charge < -0.3 is 10.5 Å². The third-order valence-corrected chi connectivity index (χ3v) is 3.78. The van der Waals surface area contributed by atoms with Gasteiger partial charge in [0.2, 0.25) is 0 Å². The third kappa shape index (κ3) is 1.97. The summed E-state index contributed by atoms with van der Waals surface area (Å²) in [5, 5.41) is 0. The van der Waals surface area contributed by atoms with Gasteiger partial charge in [-0.1, -0.05) is 0 Å². The van der Waals surface area contributed by atoms with Crippen molar-refractivity contribution >= 4 is 22.0 Å². The minimum atomic E-state index is -3.52. The molecule has 1 atom stereocenters. The van der Waals surface area contributed by atoms with E-state index in [1.54, 1.807) is 0 Å². The Morgan fingerprint density at radius 1 is 1.25 bits per heavy atom. The Morgan fingerprint density at radius 3 is 2.45 bits per heavy atom. The molecule has 0 fully saturated rings. The number of rotatable bonds is 1. The van der Waals surface area contributed by atoms with Crippen molar-refractivity contribution in [3.63, 3.8) is 0 Å². The second-order valence-corrected chi connectivity index (χ2v) is 5.99. The van der Waals surface area contributed by atoms with Crippen molar-refractivity contribution in [2.75, 3.05) is 0 Å². The first-order valence-corrected chi connectivity index (χ1v) is 6.55. The quantitative estimate of drug-likeness (QED) is 0.791. The molecule has 0 aromatic carbocycles. The average molecular weight is 352 g/mol. The van der Waals surface area contributed by atoms with Crippen LogP contribution in [0.1, 0.15) is 26.5 Å². The highest BCUT2D eigenvalue weighted by molar-refractivity contribution is 9.10. The van der Waals surface area contributed by atoms with Crippen molar-refractivity contribution in [3.05, 3.63) is 28.2 Å². The molecule has 0 spiro atoms. The summed E-state index contributed by atoms with van der Waals surface area (Å²) in [6.07, 6.45) is 0. The summed E-state index contributed by atoms with van der Waals surface area (Å²) in [6, 6.07) is 1.93. The molecule has 110 valence electrons. The minimum absolute atomic E-state index is 0.226. The van der Waals surface area contributed by atoms with Crippen molar-refractivity contribution in [2.45, 2.75) is 37.8 Å². The van der Waals surface area contributed by atoms with Crippen LogP contribution in [0.5, 0.6) is 0 Å². The summed E-state index contributed by atoms with van der Waals surface area (Å²) in [4.78, 5) is 7.44. The number of pyridine rings is 1. The number of aliphatic imine (C=N–C) groups is 1. The summed E-state index contributed by atoms with van der Waals surface area (Å²) in [7, 11) is 0. The molecule has 2 rings (SSSR count). The SMILES string of the molecule is CC1(C)OC(N)=NC(C)(c2nc(Br)ccc2F)C1(F)F. The molecule has 1 aliphatic rings. The van der Waals surface area contributed by atoms with Gasteiger partial charge in [-0.25, -0.2) is 14.4 Å². The highest BCUT2D eigenvalue weighted by atomic mass is 79.9. The fourth-order valence-electron chi connectivity index (χ4n) is 2.19. The molecule has 0 amide bonds. The van der Waals surface area contributed by atoms with E-state index in [0.29, 0.717) is 0 Å². The molecular weight excluding hydrogens is 339 g/mol. The Balaban J connectivity index is 2.74. The maximum atomic E-state index is 14.7. The van der Waals surface area contributed by atoms with Crippen LogP contribution in [0, 0.1) is 5.82 Å². The summed E-state index contributed by atoms with van der Waals surface area (Å²) >= 11 is 3.03. The highest BCUT2D eigenvalue weighted by Gasteiger charge is 2.67. The Labute approximate surface area is 122 Å². The van der Waals surface area contributed by atoms with Gasteiger partial charge in [-0.15, -0.1) is 0 Å². The van der Waals surface area contributed by atoms with Crippen molar-refractivity contribution in [1.82, 2.24) is 4.98 Å². The number of nitrogens with two attached hydrogens (primary N) is 1. The number of hydrogen-bond acceptors (Lipinski definition) is 4. The van der Waals surface area contributed by atoms with E-state index < -0.39 is 34.6 Å². The molecule has 1 unspecified atom stereocenters. The van der Waals surface area contributed by atoms with Crippen molar-refractivity contribution in [2.24, 2.45) is 10.7 Å². The van der Waals surface area contributed by atoms with Gasteiger partial charge in [0.15, 0.2) is 11.1 Å². The molecule has 8 heteroatoms. The Morgan fingerprint density at radius 2 is 1.85 bits per heavy atom. The number of hydrogen-bond donors (Lipinski definition) is 1. The van der Waals surface area contributed by atoms with Gasteiger partial charge in [-0.05, 0) is 48.8 Å². The molecule has 2 N–H and O–H groups in total. The van der Waals surface area contributed by atoms with Crippen molar-refractivity contribution in [3.8, 4) is 0 Å². The number of amidine groups is 1. The molecule has 0 bridgehead atoms. The van der Waals surface area contributed by atoms with Crippen LogP contribution in [0.2, 0.25) is 0 Å². The molecule has 0 aliphatic carbocycles. The Bertz CT molecular complexity index is 591. The zero-order valence-corrected chi connectivity index (χ0v) is 12.6. The number of halogens is 4. The summed E-state index contributed by atoms with van der Waals surface area (Å²) in [5.41, 5.74) is 0.778. The molecule has 1 aromatic rings.